The molecule has 0 aromatic heterocycles. The molecular weight excluding hydrogens is 360 g/mol. The van der Waals surface area contributed by atoms with Crippen molar-refractivity contribution in [3.63, 3.8) is 0 Å². The highest BCUT2D eigenvalue weighted by molar-refractivity contribution is 8.08. The normalized spacial score (nSPS) is 17.4. The molecule has 0 atom stereocenters. The van der Waals surface area contributed by atoms with Gasteiger partial charge in [0.25, 0.3) is 0 Å². The Morgan fingerprint density at radius 1 is 0.565 bits per heavy atom. The van der Waals surface area contributed by atoms with E-state index in [4.69, 9.17) is 3.63 Å². The van der Waals surface area contributed by atoms with Crippen LogP contribution in [0.5, 0.6) is 0 Å². The molecule has 0 bridgehead atoms. The first-order chi connectivity index (χ1) is 11.3. The van der Waals surface area contributed by atoms with E-state index < -0.39 is 0 Å². The van der Waals surface area contributed by atoms with Gasteiger partial charge in [-0.2, -0.15) is 0 Å². The fraction of sp³-hybridized carbons (Fsp3) is 0.333. The lowest BCUT2D eigenvalue weighted by Gasteiger charge is -2.04. The van der Waals surface area contributed by atoms with Crippen LogP contribution in [0.3, 0.4) is 0 Å². The van der Waals surface area contributed by atoms with E-state index in [9.17, 15) is 0 Å². The van der Waals surface area contributed by atoms with E-state index in [0.29, 0.717) is 0 Å². The molecule has 2 aromatic carbocycles. The number of hydrogen-bond acceptors (Lipinski definition) is 5. The van der Waals surface area contributed by atoms with E-state index in [-0.39, 0.29) is 0 Å². The maximum atomic E-state index is 5.69. The summed E-state index contributed by atoms with van der Waals surface area (Å²) in [6.45, 7) is 0. The monoisotopic (exact) mass is 378 g/mol. The van der Waals surface area contributed by atoms with Gasteiger partial charge in [-0.1, -0.05) is 0 Å². The van der Waals surface area contributed by atoms with Crippen molar-refractivity contribution in [3.8, 4) is 0 Å². The summed E-state index contributed by atoms with van der Waals surface area (Å²) in [5, 5.41) is 1.72. The third-order valence-corrected chi connectivity index (χ3v) is 7.73. The Balaban J connectivity index is 1.22. The zero-order valence-corrected chi connectivity index (χ0v) is 15.9. The predicted molar refractivity (Wildman–Crippen MR) is 103 cm³/mol. The van der Waals surface area contributed by atoms with Crippen molar-refractivity contribution in [2.24, 2.45) is 0 Å². The van der Waals surface area contributed by atoms with Crippen molar-refractivity contribution in [2.75, 3.05) is 0 Å². The molecule has 2 aromatic rings. The maximum absolute atomic E-state index is 5.69. The molecule has 0 radical (unpaired) electrons. The fourth-order valence-electron chi connectivity index (χ4n) is 2.00. The quantitative estimate of drug-likeness (QED) is 0.459. The summed E-state index contributed by atoms with van der Waals surface area (Å²) < 4.78 is 5.69. The van der Waals surface area contributed by atoms with Crippen LogP contribution in [0.2, 0.25) is 0 Å². The largest absolute Gasteiger partial charge is 0.237 e. The highest BCUT2D eigenvalue weighted by Crippen LogP contribution is 2.41. The minimum Gasteiger partial charge on any atom is -0.237 e. The Kier molecular flexibility index (Phi) is 5.51. The Hall–Kier alpha value is -0.200. The summed E-state index contributed by atoms with van der Waals surface area (Å²) in [6, 6.07) is 17.4. The lowest BCUT2D eigenvalue weighted by molar-refractivity contribution is 0.756. The van der Waals surface area contributed by atoms with Gasteiger partial charge in [0.2, 0.25) is 0 Å². The van der Waals surface area contributed by atoms with Crippen molar-refractivity contribution in [3.05, 3.63) is 48.5 Å². The van der Waals surface area contributed by atoms with Gasteiger partial charge in [-0.15, -0.1) is 23.5 Å². The zero-order chi connectivity index (χ0) is 15.5. The number of thioether (sulfide) groups is 2. The molecule has 23 heavy (non-hydrogen) atoms. The molecule has 0 saturated heterocycles. The molecule has 5 heteroatoms. The molecule has 2 aliphatic carbocycles. The van der Waals surface area contributed by atoms with Crippen LogP contribution in [0, 0.1) is 0 Å². The van der Waals surface area contributed by atoms with Crippen molar-refractivity contribution in [1.82, 2.24) is 0 Å². The third kappa shape index (κ3) is 5.40. The van der Waals surface area contributed by atoms with Gasteiger partial charge in [0.15, 0.2) is 0 Å². The van der Waals surface area contributed by atoms with Gasteiger partial charge in [-0.3, -0.25) is 0 Å². The fourth-order valence-corrected chi connectivity index (χ4v) is 5.36. The first-order valence-electron chi connectivity index (χ1n) is 7.90. The second kappa shape index (κ2) is 7.79. The van der Waals surface area contributed by atoms with Crippen LogP contribution in [-0.2, 0) is 3.63 Å². The predicted octanol–water partition coefficient (Wildman–Crippen LogP) is 6.93. The molecule has 0 amide bonds. The number of hydrogen-bond donors (Lipinski definition) is 0. The Labute approximate surface area is 155 Å². The summed E-state index contributed by atoms with van der Waals surface area (Å²) in [5.74, 6) is 0. The Morgan fingerprint density at radius 2 is 0.913 bits per heavy atom. The second-order valence-electron chi connectivity index (χ2n) is 5.81. The van der Waals surface area contributed by atoms with Crippen molar-refractivity contribution < 1.29 is 3.63 Å². The van der Waals surface area contributed by atoms with E-state index in [0.717, 1.165) is 20.3 Å². The summed E-state index contributed by atoms with van der Waals surface area (Å²) in [5.41, 5.74) is 0. The van der Waals surface area contributed by atoms with Crippen LogP contribution in [0.25, 0.3) is 0 Å². The summed E-state index contributed by atoms with van der Waals surface area (Å²) in [6.07, 6.45) is 5.50. The molecule has 1 nitrogen and oxygen atoms in total. The molecule has 0 spiro atoms. The van der Waals surface area contributed by atoms with Crippen molar-refractivity contribution in [2.45, 2.75) is 55.8 Å². The van der Waals surface area contributed by atoms with Crippen molar-refractivity contribution >= 4 is 47.6 Å². The molecule has 2 aliphatic rings. The van der Waals surface area contributed by atoms with Gasteiger partial charge in [0.1, 0.15) is 0 Å². The zero-order valence-electron chi connectivity index (χ0n) is 12.6. The molecule has 2 saturated carbocycles. The van der Waals surface area contributed by atoms with E-state index in [1.165, 1.54) is 59.6 Å². The molecule has 2 fully saturated rings. The minimum atomic E-state index is 0.862. The highest BCUT2D eigenvalue weighted by atomic mass is 32.2. The van der Waals surface area contributed by atoms with Gasteiger partial charge in [0.05, 0.1) is 0 Å². The molecule has 0 unspecified atom stereocenters. The summed E-state index contributed by atoms with van der Waals surface area (Å²) >= 11 is 6.85. The van der Waals surface area contributed by atoms with Gasteiger partial charge >= 0.3 is 0 Å². The van der Waals surface area contributed by atoms with Crippen LogP contribution >= 0.6 is 47.6 Å². The van der Waals surface area contributed by atoms with Gasteiger partial charge < -0.3 is 0 Å². The minimum absolute atomic E-state index is 0.862. The van der Waals surface area contributed by atoms with Crippen LogP contribution in [0.4, 0.5) is 0 Å². The Morgan fingerprint density at radius 3 is 1.26 bits per heavy atom. The van der Waals surface area contributed by atoms with E-state index in [1.807, 2.05) is 23.5 Å². The lowest BCUT2D eigenvalue weighted by Crippen LogP contribution is -1.78. The molecule has 0 aliphatic heterocycles. The third-order valence-electron chi connectivity index (χ3n) is 3.56. The van der Waals surface area contributed by atoms with Crippen LogP contribution in [0.1, 0.15) is 25.7 Å². The number of benzene rings is 2. The van der Waals surface area contributed by atoms with E-state index in [1.54, 1.807) is 0 Å². The second-order valence-corrected chi connectivity index (χ2v) is 10.4. The molecule has 0 heterocycles. The molecule has 4 rings (SSSR count). The maximum Gasteiger partial charge on any atom is 0.0447 e. The van der Waals surface area contributed by atoms with E-state index in [2.05, 4.69) is 48.5 Å². The van der Waals surface area contributed by atoms with Gasteiger partial charge in [-0.25, -0.2) is 3.63 Å². The first kappa shape index (κ1) is 16.3. The smallest absolute Gasteiger partial charge is 0.0447 e. The van der Waals surface area contributed by atoms with Crippen LogP contribution < -0.4 is 0 Å². The van der Waals surface area contributed by atoms with Gasteiger partial charge in [-0.05, 0) is 74.2 Å². The van der Waals surface area contributed by atoms with Gasteiger partial charge in [0, 0.05) is 54.2 Å². The average Bonchev–Trinajstić information content (AvgIpc) is 3.47. The summed E-state index contributed by atoms with van der Waals surface area (Å²) in [7, 11) is 0. The lowest BCUT2D eigenvalue weighted by atomic mass is 10.4. The molecular formula is C18H18OS4. The van der Waals surface area contributed by atoms with E-state index >= 15 is 0 Å². The topological polar surface area (TPSA) is 9.23 Å². The average molecular weight is 379 g/mol. The molecule has 0 N–H and O–H groups in total. The highest BCUT2D eigenvalue weighted by Gasteiger charge is 2.22. The Bertz CT molecular complexity index is 576. The standard InChI is InChI=1S/C18H18OS4/c1-2-13(1)20-15-5-9-17(10-6-15)22-19-23-18-11-7-16(8-12-18)21-14-3-4-14/h5-14H,1-4H2. The summed E-state index contributed by atoms with van der Waals surface area (Å²) in [4.78, 5) is 5.04. The van der Waals surface area contributed by atoms with Crippen molar-refractivity contribution in [1.29, 1.82) is 0 Å². The number of rotatable bonds is 8. The first-order valence-corrected chi connectivity index (χ1v) is 11.1. The SMILES string of the molecule is c1cc(SC2CC2)ccc1SOSc1ccc(SC2CC2)cc1. The van der Waals surface area contributed by atoms with Crippen LogP contribution in [-0.4, -0.2) is 10.5 Å². The van der Waals surface area contributed by atoms with Crippen LogP contribution in [0.15, 0.2) is 68.1 Å². The molecule has 120 valence electrons.